The van der Waals surface area contributed by atoms with Gasteiger partial charge in [-0.3, -0.25) is 24.5 Å². The lowest BCUT2D eigenvalue weighted by atomic mass is 9.93. The van der Waals surface area contributed by atoms with Crippen LogP contribution in [0.3, 0.4) is 0 Å². The minimum atomic E-state index is -0.775. The second-order valence-electron chi connectivity index (χ2n) is 8.86. The highest BCUT2D eigenvalue weighted by molar-refractivity contribution is 6.06. The molecular formula is C22H27N3O6. The van der Waals surface area contributed by atoms with Crippen LogP contribution in [0.15, 0.2) is 12.1 Å². The fourth-order valence-corrected chi connectivity index (χ4v) is 3.78. The number of aldehydes is 1. The Labute approximate surface area is 180 Å². The van der Waals surface area contributed by atoms with Crippen LogP contribution in [-0.2, 0) is 27.3 Å². The lowest BCUT2D eigenvalue weighted by Gasteiger charge is -2.32. The van der Waals surface area contributed by atoms with Gasteiger partial charge in [0.2, 0.25) is 11.8 Å². The first kappa shape index (κ1) is 22.5. The van der Waals surface area contributed by atoms with Crippen LogP contribution in [0.1, 0.15) is 65.5 Å². The van der Waals surface area contributed by atoms with Crippen LogP contribution in [0.4, 0.5) is 4.79 Å². The van der Waals surface area contributed by atoms with Crippen LogP contribution in [0, 0.1) is 0 Å². The number of benzene rings is 1. The number of carbonyl (C=O) groups is 5. The Balaban J connectivity index is 1.82. The fraction of sp³-hybridized carbons (Fsp3) is 0.500. The molecule has 0 aromatic heterocycles. The van der Waals surface area contributed by atoms with Gasteiger partial charge in [0.25, 0.3) is 5.91 Å². The normalized spacial score (nSPS) is 18.7. The van der Waals surface area contributed by atoms with E-state index >= 15 is 0 Å². The van der Waals surface area contributed by atoms with E-state index in [-0.39, 0.29) is 36.4 Å². The van der Waals surface area contributed by atoms with Crippen molar-refractivity contribution in [2.45, 2.75) is 58.2 Å². The molecule has 1 aromatic rings. The summed E-state index contributed by atoms with van der Waals surface area (Å²) in [6, 6.07) is 2.50. The summed E-state index contributed by atoms with van der Waals surface area (Å²) in [6.07, 6.45) is 1.07. The summed E-state index contributed by atoms with van der Waals surface area (Å²) in [5.41, 5.74) is 1.42. The van der Waals surface area contributed by atoms with E-state index in [2.05, 4.69) is 5.32 Å². The predicted octanol–water partition coefficient (Wildman–Crippen LogP) is 1.67. The number of amides is 4. The molecule has 4 amide bonds. The number of likely N-dealkylation sites (N-methyl/N-ethyl adjacent to an activating group) is 1. The lowest BCUT2D eigenvalue weighted by Crippen LogP contribution is -2.53. The van der Waals surface area contributed by atoms with Gasteiger partial charge >= 0.3 is 6.09 Å². The summed E-state index contributed by atoms with van der Waals surface area (Å²) in [4.78, 5) is 63.5. The van der Waals surface area contributed by atoms with E-state index < -0.39 is 29.6 Å². The molecule has 0 aliphatic carbocycles. The summed E-state index contributed by atoms with van der Waals surface area (Å²) in [6.45, 7) is 6.10. The van der Waals surface area contributed by atoms with Crippen molar-refractivity contribution in [2.75, 3.05) is 13.6 Å². The number of hydrogen-bond acceptors (Lipinski definition) is 6. The summed E-state index contributed by atoms with van der Waals surface area (Å²) in [5.74, 6) is -1.35. The number of nitrogens with one attached hydrogen (secondary N) is 1. The van der Waals surface area contributed by atoms with Gasteiger partial charge in [0.1, 0.15) is 11.6 Å². The molecule has 2 aliphatic rings. The minimum Gasteiger partial charge on any atom is -0.444 e. The van der Waals surface area contributed by atoms with Crippen molar-refractivity contribution in [2.24, 2.45) is 0 Å². The molecule has 1 fully saturated rings. The highest BCUT2D eigenvalue weighted by Gasteiger charge is 2.34. The maximum Gasteiger partial charge on any atom is 0.410 e. The average Bonchev–Trinajstić information content (AvgIpc) is 2.70. The standard InChI is InChI=1S/C22H27N3O6/c1-22(2,3)31-21(30)25-8-7-13-10-16(15(12-26)9-14(13)11-25)20(29)24(4)17-5-6-18(27)23-19(17)28/h9-10,12,17H,5-8,11H2,1-4H3,(H,23,27,28). The monoisotopic (exact) mass is 429 g/mol. The Morgan fingerprint density at radius 3 is 2.52 bits per heavy atom. The topological polar surface area (TPSA) is 113 Å². The van der Waals surface area contributed by atoms with E-state index in [4.69, 9.17) is 4.74 Å². The molecule has 1 aromatic carbocycles. The third-order valence-electron chi connectivity index (χ3n) is 5.39. The predicted molar refractivity (Wildman–Crippen MR) is 110 cm³/mol. The molecule has 0 radical (unpaired) electrons. The van der Waals surface area contributed by atoms with Crippen molar-refractivity contribution in [1.29, 1.82) is 0 Å². The Kier molecular flexibility index (Phi) is 6.15. The molecule has 31 heavy (non-hydrogen) atoms. The molecule has 1 atom stereocenters. The Morgan fingerprint density at radius 1 is 1.19 bits per heavy atom. The Hall–Kier alpha value is -3.23. The van der Waals surface area contributed by atoms with Crippen LogP contribution >= 0.6 is 0 Å². The van der Waals surface area contributed by atoms with Crippen LogP contribution < -0.4 is 5.32 Å². The number of fused-ring (bicyclic) bond motifs is 1. The van der Waals surface area contributed by atoms with E-state index in [0.717, 1.165) is 11.1 Å². The van der Waals surface area contributed by atoms with Gasteiger partial charge in [-0.15, -0.1) is 0 Å². The quantitative estimate of drug-likeness (QED) is 0.578. The van der Waals surface area contributed by atoms with Crippen LogP contribution in [-0.4, -0.2) is 65.1 Å². The number of rotatable bonds is 3. The van der Waals surface area contributed by atoms with E-state index in [1.165, 1.54) is 11.9 Å². The van der Waals surface area contributed by atoms with E-state index in [9.17, 15) is 24.0 Å². The molecule has 0 bridgehead atoms. The van der Waals surface area contributed by atoms with E-state index in [0.29, 0.717) is 19.3 Å². The van der Waals surface area contributed by atoms with Crippen molar-refractivity contribution in [3.63, 3.8) is 0 Å². The molecule has 1 saturated heterocycles. The largest absolute Gasteiger partial charge is 0.444 e. The third-order valence-corrected chi connectivity index (χ3v) is 5.39. The highest BCUT2D eigenvalue weighted by atomic mass is 16.6. The molecule has 0 spiro atoms. The molecule has 2 heterocycles. The molecule has 1 N–H and O–H groups in total. The second kappa shape index (κ2) is 8.49. The first-order chi connectivity index (χ1) is 14.5. The summed E-state index contributed by atoms with van der Waals surface area (Å²) in [7, 11) is 1.49. The molecule has 3 rings (SSSR count). The van der Waals surface area contributed by atoms with Gasteiger partial charge in [0, 0.05) is 32.1 Å². The molecule has 166 valence electrons. The van der Waals surface area contributed by atoms with Gasteiger partial charge in [0.05, 0.1) is 5.56 Å². The smallest absolute Gasteiger partial charge is 0.410 e. The highest BCUT2D eigenvalue weighted by Crippen LogP contribution is 2.26. The van der Waals surface area contributed by atoms with Gasteiger partial charge in [0.15, 0.2) is 6.29 Å². The van der Waals surface area contributed by atoms with Gasteiger partial charge in [-0.1, -0.05) is 0 Å². The van der Waals surface area contributed by atoms with Crippen molar-refractivity contribution >= 4 is 30.1 Å². The van der Waals surface area contributed by atoms with Crippen molar-refractivity contribution < 1.29 is 28.7 Å². The van der Waals surface area contributed by atoms with Crippen LogP contribution in [0.2, 0.25) is 0 Å². The van der Waals surface area contributed by atoms with Crippen molar-refractivity contribution in [3.8, 4) is 0 Å². The molecule has 1 unspecified atom stereocenters. The molecule has 2 aliphatic heterocycles. The first-order valence-electron chi connectivity index (χ1n) is 10.2. The van der Waals surface area contributed by atoms with E-state index in [1.807, 2.05) is 0 Å². The van der Waals surface area contributed by atoms with Crippen molar-refractivity contribution in [1.82, 2.24) is 15.1 Å². The summed E-state index contributed by atoms with van der Waals surface area (Å²) < 4.78 is 5.42. The average molecular weight is 429 g/mol. The van der Waals surface area contributed by atoms with Gasteiger partial charge < -0.3 is 14.5 Å². The molecule has 9 nitrogen and oxygen atoms in total. The third kappa shape index (κ3) is 4.92. The van der Waals surface area contributed by atoms with Gasteiger partial charge in [-0.2, -0.15) is 0 Å². The maximum atomic E-state index is 13.1. The zero-order valence-corrected chi connectivity index (χ0v) is 18.2. The lowest BCUT2D eigenvalue weighted by molar-refractivity contribution is -0.136. The zero-order valence-electron chi connectivity index (χ0n) is 18.2. The van der Waals surface area contributed by atoms with Gasteiger partial charge in [-0.25, -0.2) is 4.79 Å². The van der Waals surface area contributed by atoms with Crippen molar-refractivity contribution in [3.05, 3.63) is 34.4 Å². The number of hydrogen-bond donors (Lipinski definition) is 1. The number of carbonyl (C=O) groups excluding carboxylic acids is 5. The van der Waals surface area contributed by atoms with Crippen LogP contribution in [0.25, 0.3) is 0 Å². The van der Waals surface area contributed by atoms with E-state index in [1.54, 1.807) is 37.8 Å². The second-order valence-corrected chi connectivity index (χ2v) is 8.86. The first-order valence-corrected chi connectivity index (χ1v) is 10.2. The molecule has 0 saturated carbocycles. The Morgan fingerprint density at radius 2 is 1.90 bits per heavy atom. The molecular weight excluding hydrogens is 402 g/mol. The summed E-state index contributed by atoms with van der Waals surface area (Å²) >= 11 is 0. The summed E-state index contributed by atoms with van der Waals surface area (Å²) in [5, 5.41) is 2.24. The maximum absolute atomic E-state index is 13.1. The number of imide groups is 1. The van der Waals surface area contributed by atoms with Gasteiger partial charge in [-0.05, 0) is 56.9 Å². The fourth-order valence-electron chi connectivity index (χ4n) is 3.78. The molecule has 9 heteroatoms. The Bertz CT molecular complexity index is 949. The van der Waals surface area contributed by atoms with Crippen LogP contribution in [0.5, 0.6) is 0 Å². The number of ether oxygens (including phenoxy) is 1. The zero-order chi connectivity index (χ0) is 22.9. The SMILES string of the molecule is CN(C(=O)c1cc2c(cc1C=O)CN(C(=O)OC(C)(C)C)CC2)C1CCC(=O)NC1=O. The number of nitrogens with zero attached hydrogens (tertiary/aromatic N) is 2. The minimum absolute atomic E-state index is 0.152. The number of piperidine rings is 1.